The molecule has 1 aliphatic rings. The van der Waals surface area contributed by atoms with Crippen molar-refractivity contribution in [2.75, 3.05) is 31.2 Å². The van der Waals surface area contributed by atoms with E-state index < -0.39 is 0 Å². The van der Waals surface area contributed by atoms with Gasteiger partial charge in [-0.3, -0.25) is 0 Å². The van der Waals surface area contributed by atoms with Crippen molar-refractivity contribution in [3.05, 3.63) is 53.6 Å². The summed E-state index contributed by atoms with van der Waals surface area (Å²) >= 11 is 0. The minimum atomic E-state index is 0.0349. The van der Waals surface area contributed by atoms with Gasteiger partial charge < -0.3 is 19.5 Å². The Kier molecular flexibility index (Phi) is 4.49. The normalized spacial score (nSPS) is 13.5. The molecule has 4 nitrogen and oxygen atoms in total. The van der Waals surface area contributed by atoms with Crippen LogP contribution in [-0.2, 0) is 6.61 Å². The third-order valence-electron chi connectivity index (χ3n) is 3.82. The number of benzene rings is 2. The first kappa shape index (κ1) is 14.7. The van der Waals surface area contributed by atoms with Crippen LogP contribution in [0.4, 0.5) is 5.69 Å². The molecule has 0 aliphatic carbocycles. The number of aryl methyl sites for hydroxylation is 1. The second kappa shape index (κ2) is 6.71. The molecule has 1 aliphatic heterocycles. The van der Waals surface area contributed by atoms with Crippen LogP contribution >= 0.6 is 0 Å². The molecule has 0 unspecified atom stereocenters. The molecule has 3 rings (SSSR count). The fraction of sp³-hybridized carbons (Fsp3) is 0.333. The lowest BCUT2D eigenvalue weighted by Crippen LogP contribution is -2.35. The summed E-state index contributed by atoms with van der Waals surface area (Å²) in [5, 5.41) is 9.20. The van der Waals surface area contributed by atoms with Crippen molar-refractivity contribution >= 4 is 5.69 Å². The highest BCUT2D eigenvalue weighted by Crippen LogP contribution is 2.32. The van der Waals surface area contributed by atoms with Crippen LogP contribution in [0, 0.1) is 6.92 Å². The van der Waals surface area contributed by atoms with Gasteiger partial charge in [0.15, 0.2) is 0 Å². The third kappa shape index (κ3) is 3.34. The van der Waals surface area contributed by atoms with Crippen molar-refractivity contribution < 1.29 is 14.6 Å². The summed E-state index contributed by atoms with van der Waals surface area (Å²) in [6, 6.07) is 13.9. The Morgan fingerprint density at radius 2 is 2.00 bits per heavy atom. The van der Waals surface area contributed by atoms with Gasteiger partial charge in [-0.25, -0.2) is 0 Å². The molecule has 2 aromatic rings. The molecule has 1 N–H and O–H groups in total. The van der Waals surface area contributed by atoms with E-state index in [4.69, 9.17) is 9.47 Å². The smallest absolute Gasteiger partial charge is 0.143 e. The van der Waals surface area contributed by atoms with Crippen LogP contribution in [0.25, 0.3) is 0 Å². The molecule has 1 heterocycles. The minimum Gasteiger partial charge on any atom is -0.492 e. The lowest BCUT2D eigenvalue weighted by Gasteiger charge is -2.31. The number of aliphatic hydroxyl groups excluding tert-OH is 1. The molecular formula is C18H21NO3. The third-order valence-corrected chi connectivity index (χ3v) is 3.82. The molecule has 0 aromatic heterocycles. The van der Waals surface area contributed by atoms with Crippen LogP contribution in [0.5, 0.6) is 11.5 Å². The molecule has 0 amide bonds. The van der Waals surface area contributed by atoms with E-state index in [1.807, 2.05) is 30.3 Å². The van der Waals surface area contributed by atoms with E-state index in [0.717, 1.165) is 35.8 Å². The zero-order chi connectivity index (χ0) is 15.4. The maximum Gasteiger partial charge on any atom is 0.143 e. The monoisotopic (exact) mass is 299 g/mol. The summed E-state index contributed by atoms with van der Waals surface area (Å²) in [5.41, 5.74) is 3.17. The molecule has 0 atom stereocenters. The fourth-order valence-electron chi connectivity index (χ4n) is 2.56. The molecular weight excluding hydrogens is 278 g/mol. The summed E-state index contributed by atoms with van der Waals surface area (Å²) in [5.74, 6) is 1.74. The van der Waals surface area contributed by atoms with Gasteiger partial charge in [0.1, 0.15) is 24.7 Å². The van der Waals surface area contributed by atoms with E-state index in [1.165, 1.54) is 5.56 Å². The Bertz CT molecular complexity index is 625. The maximum absolute atomic E-state index is 9.20. The Hall–Kier alpha value is -2.20. The van der Waals surface area contributed by atoms with Crippen LogP contribution < -0.4 is 14.4 Å². The van der Waals surface area contributed by atoms with Gasteiger partial charge in [-0.2, -0.15) is 0 Å². The first-order chi connectivity index (χ1) is 10.8. The van der Waals surface area contributed by atoms with Crippen molar-refractivity contribution in [3.8, 4) is 11.5 Å². The summed E-state index contributed by atoms with van der Waals surface area (Å²) in [4.78, 5) is 2.26. The van der Waals surface area contributed by atoms with Crippen LogP contribution in [0.2, 0.25) is 0 Å². The average Bonchev–Trinajstić information content (AvgIpc) is 2.56. The standard InChI is InChI=1S/C18H21NO3/c1-14-2-5-16(6-3-14)21-10-8-19-9-11-22-18-12-15(13-20)4-7-17(18)19/h2-7,12,20H,8-11,13H2,1H3. The summed E-state index contributed by atoms with van der Waals surface area (Å²) < 4.78 is 11.5. The summed E-state index contributed by atoms with van der Waals surface area (Å²) in [6.45, 7) is 5.05. The number of ether oxygens (including phenoxy) is 2. The highest BCUT2D eigenvalue weighted by molar-refractivity contribution is 5.61. The number of hydrogen-bond donors (Lipinski definition) is 1. The van der Waals surface area contributed by atoms with Crippen molar-refractivity contribution in [2.24, 2.45) is 0 Å². The first-order valence-electron chi connectivity index (χ1n) is 7.57. The predicted molar refractivity (Wildman–Crippen MR) is 86.7 cm³/mol. The van der Waals surface area contributed by atoms with Gasteiger partial charge in [0, 0.05) is 0 Å². The molecule has 2 aromatic carbocycles. The first-order valence-corrected chi connectivity index (χ1v) is 7.57. The van der Waals surface area contributed by atoms with Gasteiger partial charge in [-0.15, -0.1) is 0 Å². The van der Waals surface area contributed by atoms with Crippen molar-refractivity contribution in [1.82, 2.24) is 0 Å². The molecule has 0 saturated heterocycles. The second-order valence-electron chi connectivity index (χ2n) is 5.46. The highest BCUT2D eigenvalue weighted by atomic mass is 16.5. The number of fused-ring (bicyclic) bond motifs is 1. The van der Waals surface area contributed by atoms with Crippen LogP contribution in [0.1, 0.15) is 11.1 Å². The summed E-state index contributed by atoms with van der Waals surface area (Å²) in [6.07, 6.45) is 0. The largest absolute Gasteiger partial charge is 0.492 e. The Labute approximate surface area is 130 Å². The zero-order valence-corrected chi connectivity index (χ0v) is 12.8. The van der Waals surface area contributed by atoms with E-state index in [9.17, 15) is 5.11 Å². The molecule has 0 spiro atoms. The Balaban J connectivity index is 1.61. The SMILES string of the molecule is Cc1ccc(OCCN2CCOc3cc(CO)ccc32)cc1. The Morgan fingerprint density at radius 3 is 2.77 bits per heavy atom. The lowest BCUT2D eigenvalue weighted by molar-refractivity contribution is 0.275. The van der Waals surface area contributed by atoms with Crippen LogP contribution in [0.15, 0.2) is 42.5 Å². The lowest BCUT2D eigenvalue weighted by atomic mass is 10.1. The zero-order valence-electron chi connectivity index (χ0n) is 12.8. The van der Waals surface area contributed by atoms with Gasteiger partial charge >= 0.3 is 0 Å². The molecule has 0 bridgehead atoms. The van der Waals surface area contributed by atoms with E-state index >= 15 is 0 Å². The van der Waals surface area contributed by atoms with E-state index in [0.29, 0.717) is 13.2 Å². The number of rotatable bonds is 5. The molecule has 22 heavy (non-hydrogen) atoms. The molecule has 0 fully saturated rings. The summed E-state index contributed by atoms with van der Waals surface area (Å²) in [7, 11) is 0. The quantitative estimate of drug-likeness (QED) is 0.922. The van der Waals surface area contributed by atoms with E-state index in [2.05, 4.69) is 24.0 Å². The van der Waals surface area contributed by atoms with E-state index in [-0.39, 0.29) is 6.61 Å². The van der Waals surface area contributed by atoms with Crippen LogP contribution in [0.3, 0.4) is 0 Å². The number of anilines is 1. The molecule has 4 heteroatoms. The topological polar surface area (TPSA) is 41.9 Å². The van der Waals surface area contributed by atoms with Gasteiger partial charge in [-0.1, -0.05) is 23.8 Å². The van der Waals surface area contributed by atoms with Gasteiger partial charge in [0.25, 0.3) is 0 Å². The fourth-order valence-corrected chi connectivity index (χ4v) is 2.56. The predicted octanol–water partition coefficient (Wildman–Crippen LogP) is 2.77. The van der Waals surface area contributed by atoms with Crippen molar-refractivity contribution in [2.45, 2.75) is 13.5 Å². The van der Waals surface area contributed by atoms with Crippen LogP contribution in [-0.4, -0.2) is 31.4 Å². The number of hydrogen-bond acceptors (Lipinski definition) is 4. The second-order valence-corrected chi connectivity index (χ2v) is 5.46. The van der Waals surface area contributed by atoms with Gasteiger partial charge in [0.05, 0.1) is 25.4 Å². The molecule has 0 radical (unpaired) electrons. The molecule has 0 saturated carbocycles. The van der Waals surface area contributed by atoms with E-state index in [1.54, 1.807) is 0 Å². The number of aliphatic hydroxyl groups is 1. The molecule has 116 valence electrons. The van der Waals surface area contributed by atoms with Crippen molar-refractivity contribution in [1.29, 1.82) is 0 Å². The average molecular weight is 299 g/mol. The minimum absolute atomic E-state index is 0.0349. The number of nitrogens with zero attached hydrogens (tertiary/aromatic N) is 1. The highest BCUT2D eigenvalue weighted by Gasteiger charge is 2.18. The Morgan fingerprint density at radius 1 is 1.18 bits per heavy atom. The van der Waals surface area contributed by atoms with Gasteiger partial charge in [-0.05, 0) is 36.8 Å². The van der Waals surface area contributed by atoms with Gasteiger partial charge in [0.2, 0.25) is 0 Å². The maximum atomic E-state index is 9.20. The van der Waals surface area contributed by atoms with Crippen molar-refractivity contribution in [3.63, 3.8) is 0 Å².